The Labute approximate surface area is 120 Å². The van der Waals surface area contributed by atoms with Crippen LogP contribution in [-0.4, -0.2) is 27.3 Å². The Kier molecular flexibility index (Phi) is 6.55. The van der Waals surface area contributed by atoms with Crippen LogP contribution >= 0.6 is 15.9 Å². The van der Waals surface area contributed by atoms with Gasteiger partial charge < -0.3 is 15.4 Å². The minimum Gasteiger partial charge on any atom is -0.358 e. The first-order chi connectivity index (χ1) is 9.07. The monoisotopic (exact) mass is 331 g/mol. The number of unbranched alkanes of at least 4 members (excludes halogenated alkanes) is 3. The molecule has 1 heterocycles. The van der Waals surface area contributed by atoms with Crippen LogP contribution in [0, 0.1) is 10.1 Å². The lowest BCUT2D eigenvalue weighted by Crippen LogP contribution is -2.26. The fourth-order valence-electron chi connectivity index (χ4n) is 1.78. The highest BCUT2D eigenvalue weighted by atomic mass is 79.9. The number of hydrogen-bond acceptors (Lipinski definition) is 3. The number of nitro groups is 1. The highest BCUT2D eigenvalue weighted by Crippen LogP contribution is 2.14. The Hall–Kier alpha value is -1.37. The second-order valence-corrected chi connectivity index (χ2v) is 5.04. The van der Waals surface area contributed by atoms with E-state index in [1.807, 2.05) is 0 Å². The number of nitrogens with zero attached hydrogens (tertiary/aromatic N) is 2. The van der Waals surface area contributed by atoms with Crippen LogP contribution in [0.1, 0.15) is 36.2 Å². The number of hydrogen-bond donors (Lipinski definition) is 1. The van der Waals surface area contributed by atoms with Crippen LogP contribution in [0.4, 0.5) is 5.82 Å². The fraction of sp³-hybridized carbons (Fsp3) is 0.583. The molecule has 0 aliphatic carbocycles. The molecule has 106 valence electrons. The molecule has 7 heteroatoms. The van der Waals surface area contributed by atoms with Crippen molar-refractivity contribution >= 4 is 27.7 Å². The molecule has 1 rings (SSSR count). The molecule has 0 aliphatic heterocycles. The maximum Gasteiger partial charge on any atom is 0.323 e. The number of carbonyl (C=O) groups excluding carboxylic acids is 1. The van der Waals surface area contributed by atoms with Crippen molar-refractivity contribution in [2.75, 3.05) is 11.9 Å². The van der Waals surface area contributed by atoms with Gasteiger partial charge in [-0.2, -0.15) is 0 Å². The quantitative estimate of drug-likeness (QED) is 0.344. The van der Waals surface area contributed by atoms with Gasteiger partial charge in [-0.1, -0.05) is 28.8 Å². The van der Waals surface area contributed by atoms with Gasteiger partial charge in [-0.05, 0) is 23.8 Å². The van der Waals surface area contributed by atoms with E-state index in [-0.39, 0.29) is 11.7 Å². The van der Waals surface area contributed by atoms with E-state index in [2.05, 4.69) is 21.2 Å². The molecule has 0 spiro atoms. The van der Waals surface area contributed by atoms with Crippen LogP contribution in [0.25, 0.3) is 0 Å². The number of halogens is 1. The smallest absolute Gasteiger partial charge is 0.323 e. The van der Waals surface area contributed by atoms with Gasteiger partial charge in [-0.3, -0.25) is 4.79 Å². The molecule has 1 amide bonds. The molecule has 1 N–H and O–H groups in total. The molecule has 0 atom stereocenters. The molecule has 0 aliphatic rings. The van der Waals surface area contributed by atoms with E-state index in [0.29, 0.717) is 12.2 Å². The summed E-state index contributed by atoms with van der Waals surface area (Å²) >= 11 is 3.37. The SMILES string of the molecule is Cn1c(C(=O)NCCCCCCBr)ccc1[N+](=O)[O-]. The van der Waals surface area contributed by atoms with Crippen molar-refractivity contribution < 1.29 is 9.72 Å². The van der Waals surface area contributed by atoms with Gasteiger partial charge in [0.2, 0.25) is 0 Å². The van der Waals surface area contributed by atoms with Crippen molar-refractivity contribution in [3.05, 3.63) is 27.9 Å². The van der Waals surface area contributed by atoms with Gasteiger partial charge in [0.15, 0.2) is 5.69 Å². The predicted molar refractivity (Wildman–Crippen MR) is 76.7 cm³/mol. The summed E-state index contributed by atoms with van der Waals surface area (Å²) in [6.07, 6.45) is 4.26. The van der Waals surface area contributed by atoms with Crippen LogP contribution in [0.15, 0.2) is 12.1 Å². The minimum absolute atomic E-state index is 0.0810. The molecule has 0 aromatic carbocycles. The van der Waals surface area contributed by atoms with E-state index in [0.717, 1.165) is 31.0 Å². The summed E-state index contributed by atoms with van der Waals surface area (Å²) in [6.45, 7) is 0.597. The van der Waals surface area contributed by atoms with E-state index in [4.69, 9.17) is 0 Å². The highest BCUT2D eigenvalue weighted by Gasteiger charge is 2.19. The van der Waals surface area contributed by atoms with Crippen LogP contribution < -0.4 is 5.32 Å². The Bertz CT molecular complexity index is 445. The second-order valence-electron chi connectivity index (χ2n) is 4.25. The molecular formula is C12H18BrN3O3. The Balaban J connectivity index is 2.40. The second kappa shape index (κ2) is 7.93. The van der Waals surface area contributed by atoms with Crippen molar-refractivity contribution in [2.45, 2.75) is 25.7 Å². The van der Waals surface area contributed by atoms with E-state index >= 15 is 0 Å². The highest BCUT2D eigenvalue weighted by molar-refractivity contribution is 9.09. The van der Waals surface area contributed by atoms with Crippen LogP contribution in [0.5, 0.6) is 0 Å². The van der Waals surface area contributed by atoms with Crippen LogP contribution in [0.2, 0.25) is 0 Å². The molecule has 0 fully saturated rings. The van der Waals surface area contributed by atoms with Crippen LogP contribution in [0.3, 0.4) is 0 Å². The zero-order valence-electron chi connectivity index (χ0n) is 10.9. The third-order valence-corrected chi connectivity index (χ3v) is 3.42. The molecule has 0 radical (unpaired) electrons. The van der Waals surface area contributed by atoms with Crippen molar-refractivity contribution in [1.82, 2.24) is 9.88 Å². The summed E-state index contributed by atoms with van der Waals surface area (Å²) in [5, 5.41) is 14.4. The molecule has 0 bridgehead atoms. The number of amides is 1. The summed E-state index contributed by atoms with van der Waals surface area (Å²) in [7, 11) is 1.52. The number of alkyl halides is 1. The van der Waals surface area contributed by atoms with Gasteiger partial charge in [-0.25, -0.2) is 4.57 Å². The lowest BCUT2D eigenvalue weighted by molar-refractivity contribution is -0.391. The molecule has 0 unspecified atom stereocenters. The zero-order chi connectivity index (χ0) is 14.3. The maximum atomic E-state index is 11.8. The van der Waals surface area contributed by atoms with Gasteiger partial charge >= 0.3 is 5.82 Å². The Morgan fingerprint density at radius 2 is 2.05 bits per heavy atom. The fourth-order valence-corrected chi connectivity index (χ4v) is 2.17. The van der Waals surface area contributed by atoms with E-state index in [1.54, 1.807) is 0 Å². The van der Waals surface area contributed by atoms with E-state index in [1.165, 1.54) is 23.7 Å². The molecule has 1 aromatic rings. The van der Waals surface area contributed by atoms with Crippen molar-refractivity contribution in [3.8, 4) is 0 Å². The average molecular weight is 332 g/mol. The summed E-state index contributed by atoms with van der Waals surface area (Å²) in [5.41, 5.74) is 0.312. The first-order valence-electron chi connectivity index (χ1n) is 6.22. The molecule has 0 saturated heterocycles. The number of aromatic nitrogens is 1. The van der Waals surface area contributed by atoms with Gasteiger partial charge in [0.05, 0.1) is 7.05 Å². The van der Waals surface area contributed by atoms with Crippen LogP contribution in [-0.2, 0) is 7.05 Å². The van der Waals surface area contributed by atoms with Crippen molar-refractivity contribution in [1.29, 1.82) is 0 Å². The largest absolute Gasteiger partial charge is 0.358 e. The van der Waals surface area contributed by atoms with Gasteiger partial charge in [0.25, 0.3) is 5.91 Å². The number of nitrogens with one attached hydrogen (secondary N) is 1. The van der Waals surface area contributed by atoms with Gasteiger partial charge in [0.1, 0.15) is 0 Å². The summed E-state index contributed by atoms with van der Waals surface area (Å²) in [6, 6.07) is 2.81. The zero-order valence-corrected chi connectivity index (χ0v) is 12.5. The van der Waals surface area contributed by atoms with Gasteiger partial charge in [0, 0.05) is 17.9 Å². The third kappa shape index (κ3) is 4.66. The Morgan fingerprint density at radius 3 is 2.63 bits per heavy atom. The first kappa shape index (κ1) is 15.7. The topological polar surface area (TPSA) is 77.2 Å². The van der Waals surface area contributed by atoms with Crippen molar-refractivity contribution in [2.24, 2.45) is 7.05 Å². The summed E-state index contributed by atoms with van der Waals surface area (Å²) < 4.78 is 1.29. The molecular weight excluding hydrogens is 314 g/mol. The summed E-state index contributed by atoms with van der Waals surface area (Å²) in [4.78, 5) is 22.0. The first-order valence-corrected chi connectivity index (χ1v) is 7.34. The normalized spacial score (nSPS) is 10.4. The minimum atomic E-state index is -0.503. The number of rotatable bonds is 8. The molecule has 6 nitrogen and oxygen atoms in total. The lowest BCUT2D eigenvalue weighted by atomic mass is 10.2. The molecule has 1 aromatic heterocycles. The average Bonchev–Trinajstić information content (AvgIpc) is 2.75. The predicted octanol–water partition coefficient (Wildman–Crippen LogP) is 2.62. The lowest BCUT2D eigenvalue weighted by Gasteiger charge is -2.04. The summed E-state index contributed by atoms with van der Waals surface area (Å²) in [5.74, 6) is -0.349. The maximum absolute atomic E-state index is 11.8. The van der Waals surface area contributed by atoms with E-state index in [9.17, 15) is 14.9 Å². The third-order valence-electron chi connectivity index (χ3n) is 2.86. The molecule has 0 saturated carbocycles. The van der Waals surface area contributed by atoms with E-state index < -0.39 is 4.92 Å². The van der Waals surface area contributed by atoms with Gasteiger partial charge in [-0.15, -0.1) is 0 Å². The number of carbonyl (C=O) groups is 1. The standard InChI is InChI=1S/C12H18BrN3O3/c1-15-10(6-7-11(15)16(18)19)12(17)14-9-5-3-2-4-8-13/h6-7H,2-5,8-9H2,1H3,(H,14,17). The Morgan fingerprint density at radius 1 is 1.37 bits per heavy atom. The molecule has 19 heavy (non-hydrogen) atoms. The van der Waals surface area contributed by atoms with Crippen molar-refractivity contribution in [3.63, 3.8) is 0 Å².